The van der Waals surface area contributed by atoms with Crippen LogP contribution in [0.2, 0.25) is 0 Å². The van der Waals surface area contributed by atoms with Crippen LogP contribution in [-0.4, -0.2) is 18.1 Å². The van der Waals surface area contributed by atoms with E-state index in [1.807, 2.05) is 0 Å². The summed E-state index contributed by atoms with van der Waals surface area (Å²) in [4.78, 5) is 12.4. The standard InChI is InChI=1S/C8H8BrF2NO2/c9-6-3-5(1-2-14-4-13)12-7(6)8(10)11/h3-4,8,12H,1-2H2. The topological polar surface area (TPSA) is 42.1 Å². The number of carbonyl (C=O) groups excluding carboxylic acids is 1. The van der Waals surface area contributed by atoms with Gasteiger partial charge in [-0.25, -0.2) is 8.78 Å². The van der Waals surface area contributed by atoms with Gasteiger partial charge < -0.3 is 9.72 Å². The molecular weight excluding hydrogens is 260 g/mol. The lowest BCUT2D eigenvalue weighted by Crippen LogP contribution is -1.97. The van der Waals surface area contributed by atoms with Crippen molar-refractivity contribution in [2.75, 3.05) is 6.61 Å². The minimum Gasteiger partial charge on any atom is -0.467 e. The van der Waals surface area contributed by atoms with Crippen LogP contribution < -0.4 is 0 Å². The van der Waals surface area contributed by atoms with Gasteiger partial charge >= 0.3 is 0 Å². The molecule has 0 saturated heterocycles. The van der Waals surface area contributed by atoms with Crippen LogP contribution in [0.1, 0.15) is 17.8 Å². The summed E-state index contributed by atoms with van der Waals surface area (Å²) in [7, 11) is 0. The van der Waals surface area contributed by atoms with Crippen LogP contribution in [0.3, 0.4) is 0 Å². The highest BCUT2D eigenvalue weighted by Gasteiger charge is 2.14. The number of rotatable bonds is 5. The fourth-order valence-electron chi connectivity index (χ4n) is 1.01. The van der Waals surface area contributed by atoms with Gasteiger partial charge in [-0.05, 0) is 22.0 Å². The van der Waals surface area contributed by atoms with Gasteiger partial charge in [-0.15, -0.1) is 0 Å². The molecule has 1 heterocycles. The molecule has 1 N–H and O–H groups in total. The Balaban J connectivity index is 2.61. The quantitative estimate of drug-likeness (QED) is 0.658. The van der Waals surface area contributed by atoms with Gasteiger partial charge in [0.15, 0.2) is 0 Å². The molecule has 0 fully saturated rings. The average Bonchev–Trinajstić information content (AvgIpc) is 2.47. The molecule has 1 aromatic rings. The van der Waals surface area contributed by atoms with E-state index in [9.17, 15) is 13.6 Å². The number of hydrogen-bond acceptors (Lipinski definition) is 2. The molecule has 78 valence electrons. The maximum atomic E-state index is 12.3. The predicted molar refractivity (Wildman–Crippen MR) is 49.2 cm³/mol. The highest BCUT2D eigenvalue weighted by atomic mass is 79.9. The zero-order chi connectivity index (χ0) is 10.6. The van der Waals surface area contributed by atoms with Crippen LogP contribution in [0.15, 0.2) is 10.5 Å². The number of hydrogen-bond donors (Lipinski definition) is 1. The Bertz CT molecular complexity index is 314. The SMILES string of the molecule is O=COCCc1cc(Br)c(C(F)F)[nH]1. The van der Waals surface area contributed by atoms with Crippen molar-refractivity contribution in [2.24, 2.45) is 0 Å². The zero-order valence-corrected chi connectivity index (χ0v) is 8.68. The molecule has 0 spiro atoms. The Labute approximate surface area is 87.6 Å². The molecule has 6 heteroatoms. The summed E-state index contributed by atoms with van der Waals surface area (Å²) < 4.78 is 29.3. The normalized spacial score (nSPS) is 10.6. The second kappa shape index (κ2) is 5.09. The molecule has 14 heavy (non-hydrogen) atoms. The van der Waals surface area contributed by atoms with Crippen LogP contribution in [0.25, 0.3) is 0 Å². The Hall–Kier alpha value is -0.910. The molecule has 1 rings (SSSR count). The summed E-state index contributed by atoms with van der Waals surface area (Å²) in [5.74, 6) is 0. The molecule has 0 amide bonds. The summed E-state index contributed by atoms with van der Waals surface area (Å²) in [6, 6.07) is 1.55. The summed E-state index contributed by atoms with van der Waals surface area (Å²) in [5, 5.41) is 0. The van der Waals surface area contributed by atoms with E-state index in [0.29, 0.717) is 23.1 Å². The number of ether oxygens (including phenoxy) is 1. The first kappa shape index (κ1) is 11.2. The van der Waals surface area contributed by atoms with E-state index < -0.39 is 6.43 Å². The zero-order valence-electron chi connectivity index (χ0n) is 7.10. The van der Waals surface area contributed by atoms with Crippen molar-refractivity contribution in [3.05, 3.63) is 21.9 Å². The minimum atomic E-state index is -2.54. The van der Waals surface area contributed by atoms with E-state index in [4.69, 9.17) is 0 Å². The van der Waals surface area contributed by atoms with Crippen LogP contribution in [0.4, 0.5) is 8.78 Å². The van der Waals surface area contributed by atoms with Crippen molar-refractivity contribution in [1.82, 2.24) is 4.98 Å². The van der Waals surface area contributed by atoms with Gasteiger partial charge in [-0.2, -0.15) is 0 Å². The number of halogens is 3. The number of alkyl halides is 2. The van der Waals surface area contributed by atoms with E-state index in [2.05, 4.69) is 25.7 Å². The van der Waals surface area contributed by atoms with Gasteiger partial charge in [0.25, 0.3) is 12.9 Å². The second-order valence-corrected chi connectivity index (χ2v) is 3.43. The second-order valence-electron chi connectivity index (χ2n) is 2.57. The largest absolute Gasteiger partial charge is 0.467 e. The van der Waals surface area contributed by atoms with Gasteiger partial charge in [-0.3, -0.25) is 4.79 Å². The lowest BCUT2D eigenvalue weighted by Gasteiger charge is -1.97. The lowest BCUT2D eigenvalue weighted by atomic mass is 10.3. The smallest absolute Gasteiger partial charge is 0.293 e. The predicted octanol–water partition coefficient (Wildman–Crippen LogP) is 2.43. The van der Waals surface area contributed by atoms with Crippen molar-refractivity contribution in [2.45, 2.75) is 12.8 Å². The van der Waals surface area contributed by atoms with Gasteiger partial charge in [0.2, 0.25) is 0 Å². The molecule has 3 nitrogen and oxygen atoms in total. The summed E-state index contributed by atoms with van der Waals surface area (Å²) in [5.41, 5.74) is 0.458. The molecule has 0 atom stereocenters. The number of carbonyl (C=O) groups is 1. The third-order valence-electron chi connectivity index (χ3n) is 1.63. The molecule has 0 radical (unpaired) electrons. The first-order valence-electron chi connectivity index (χ1n) is 3.86. The third-order valence-corrected chi connectivity index (χ3v) is 2.29. The van der Waals surface area contributed by atoms with Crippen LogP contribution in [0.5, 0.6) is 0 Å². The molecule has 0 aromatic carbocycles. The van der Waals surface area contributed by atoms with Crippen LogP contribution in [0, 0.1) is 0 Å². The van der Waals surface area contributed by atoms with E-state index in [1.165, 1.54) is 0 Å². The molecule has 0 aliphatic rings. The van der Waals surface area contributed by atoms with Crippen LogP contribution in [-0.2, 0) is 16.0 Å². The van der Waals surface area contributed by atoms with Gasteiger partial charge in [-0.1, -0.05) is 0 Å². The van der Waals surface area contributed by atoms with Crippen LogP contribution >= 0.6 is 15.9 Å². The van der Waals surface area contributed by atoms with Gasteiger partial charge in [0.05, 0.1) is 12.3 Å². The maximum absolute atomic E-state index is 12.3. The van der Waals surface area contributed by atoms with Crippen molar-refractivity contribution in [3.63, 3.8) is 0 Å². The number of aromatic amines is 1. The first-order valence-corrected chi connectivity index (χ1v) is 4.65. The lowest BCUT2D eigenvalue weighted by molar-refractivity contribution is -0.128. The van der Waals surface area contributed by atoms with E-state index in [1.54, 1.807) is 6.07 Å². The number of H-pyrrole nitrogens is 1. The van der Waals surface area contributed by atoms with Crippen molar-refractivity contribution in [1.29, 1.82) is 0 Å². The number of aromatic nitrogens is 1. The van der Waals surface area contributed by atoms with Gasteiger partial charge in [0.1, 0.15) is 0 Å². The fourth-order valence-corrected chi connectivity index (χ4v) is 1.56. The Morgan fingerprint density at radius 3 is 2.86 bits per heavy atom. The molecule has 0 unspecified atom stereocenters. The molecule has 0 saturated carbocycles. The number of nitrogens with one attached hydrogen (secondary N) is 1. The fraction of sp³-hybridized carbons (Fsp3) is 0.375. The minimum absolute atomic E-state index is 0.147. The summed E-state index contributed by atoms with van der Waals surface area (Å²) in [6.45, 7) is 0.505. The summed E-state index contributed by atoms with van der Waals surface area (Å²) >= 11 is 3.01. The van der Waals surface area contributed by atoms with Crippen molar-refractivity contribution < 1.29 is 18.3 Å². The molecule has 0 aliphatic carbocycles. The maximum Gasteiger partial charge on any atom is 0.293 e. The third kappa shape index (κ3) is 2.80. The molecule has 0 aliphatic heterocycles. The van der Waals surface area contributed by atoms with Crippen molar-refractivity contribution >= 4 is 22.4 Å². The summed E-state index contributed by atoms with van der Waals surface area (Å²) in [6.07, 6.45) is -2.14. The van der Waals surface area contributed by atoms with E-state index in [-0.39, 0.29) is 12.3 Å². The highest BCUT2D eigenvalue weighted by molar-refractivity contribution is 9.10. The molecule has 1 aromatic heterocycles. The molecule has 0 bridgehead atoms. The first-order chi connectivity index (χ1) is 6.65. The monoisotopic (exact) mass is 267 g/mol. The highest BCUT2D eigenvalue weighted by Crippen LogP contribution is 2.27. The van der Waals surface area contributed by atoms with E-state index in [0.717, 1.165) is 0 Å². The Morgan fingerprint density at radius 2 is 2.36 bits per heavy atom. The Morgan fingerprint density at radius 1 is 1.64 bits per heavy atom. The van der Waals surface area contributed by atoms with Gasteiger partial charge in [0, 0.05) is 16.6 Å². The average molecular weight is 268 g/mol. The van der Waals surface area contributed by atoms with Crippen molar-refractivity contribution in [3.8, 4) is 0 Å². The Kier molecular flexibility index (Phi) is 4.06. The van der Waals surface area contributed by atoms with E-state index >= 15 is 0 Å². The molecular formula is C8H8BrF2NO2.